The Morgan fingerprint density at radius 1 is 1.11 bits per heavy atom. The van der Waals surface area contributed by atoms with Crippen molar-refractivity contribution in [1.82, 2.24) is 14.8 Å². The summed E-state index contributed by atoms with van der Waals surface area (Å²) in [5.41, 5.74) is 2.16. The summed E-state index contributed by atoms with van der Waals surface area (Å²) in [6, 6.07) is 10.1. The van der Waals surface area contributed by atoms with E-state index in [1.165, 1.54) is 12.3 Å². The van der Waals surface area contributed by atoms with Crippen LogP contribution in [0.4, 0.5) is 19.0 Å². The Labute approximate surface area is 208 Å². The van der Waals surface area contributed by atoms with Gasteiger partial charge < -0.3 is 14.2 Å². The van der Waals surface area contributed by atoms with Gasteiger partial charge in [-0.3, -0.25) is 9.69 Å². The first-order chi connectivity index (χ1) is 17.2. The van der Waals surface area contributed by atoms with E-state index < -0.39 is 11.7 Å². The fourth-order valence-corrected chi connectivity index (χ4v) is 5.37. The van der Waals surface area contributed by atoms with E-state index in [1.54, 1.807) is 11.2 Å². The standard InChI is InChI=1S/C27H29F3N4O2/c1-18-14-33(26-23(27(28,29)30)9-4-11-31-26)15-19(2)34(18)17-24(35)32-12-5-7-21(16-32)22-8-3-6-20-10-13-36-25(20)22/h3-4,6-11,13,18-19H,5,12,14-17H2,1-2H3/t18-,19+. The Morgan fingerprint density at radius 3 is 2.64 bits per heavy atom. The van der Waals surface area contributed by atoms with Crippen molar-refractivity contribution < 1.29 is 22.4 Å². The fraction of sp³-hybridized carbons (Fsp3) is 0.407. The van der Waals surface area contributed by atoms with Crippen LogP contribution >= 0.6 is 0 Å². The van der Waals surface area contributed by atoms with E-state index in [2.05, 4.69) is 16.0 Å². The quantitative estimate of drug-likeness (QED) is 0.503. The molecule has 190 valence electrons. The molecule has 2 aliphatic heterocycles. The van der Waals surface area contributed by atoms with Gasteiger partial charge in [-0.2, -0.15) is 13.2 Å². The molecule has 3 aromatic rings. The molecule has 5 rings (SSSR count). The maximum atomic E-state index is 13.5. The molecule has 9 heteroatoms. The molecule has 1 saturated heterocycles. The number of hydrogen-bond acceptors (Lipinski definition) is 5. The molecule has 0 spiro atoms. The molecule has 36 heavy (non-hydrogen) atoms. The van der Waals surface area contributed by atoms with E-state index >= 15 is 0 Å². The number of rotatable bonds is 4. The predicted octanol–water partition coefficient (Wildman–Crippen LogP) is 5.06. The van der Waals surface area contributed by atoms with Crippen molar-refractivity contribution >= 4 is 28.3 Å². The predicted molar refractivity (Wildman–Crippen MR) is 132 cm³/mol. The topological polar surface area (TPSA) is 52.8 Å². The lowest BCUT2D eigenvalue weighted by atomic mass is 9.99. The van der Waals surface area contributed by atoms with Gasteiger partial charge in [0.25, 0.3) is 0 Å². The van der Waals surface area contributed by atoms with Crippen LogP contribution < -0.4 is 4.90 Å². The third-order valence-corrected chi connectivity index (χ3v) is 7.14. The SMILES string of the molecule is C[C@@H]1CN(c2ncccc2C(F)(F)F)C[C@H](C)N1CC(=O)N1CCC=C(c2cccc3ccoc23)C1. The van der Waals surface area contributed by atoms with Gasteiger partial charge in [-0.25, -0.2) is 4.98 Å². The molecule has 0 saturated carbocycles. The molecule has 0 bridgehead atoms. The molecule has 2 atom stereocenters. The molecule has 6 nitrogen and oxygen atoms in total. The van der Waals surface area contributed by atoms with Crippen LogP contribution in [0.1, 0.15) is 31.4 Å². The Morgan fingerprint density at radius 2 is 1.89 bits per heavy atom. The third-order valence-electron chi connectivity index (χ3n) is 7.14. The molecule has 2 aliphatic rings. The molecular formula is C27H29F3N4O2. The van der Waals surface area contributed by atoms with E-state index in [0.29, 0.717) is 26.2 Å². The van der Waals surface area contributed by atoms with Gasteiger partial charge in [0, 0.05) is 55.4 Å². The molecule has 1 aromatic carbocycles. The van der Waals surface area contributed by atoms with Crippen LogP contribution in [0.25, 0.3) is 16.5 Å². The lowest BCUT2D eigenvalue weighted by Gasteiger charge is -2.45. The van der Waals surface area contributed by atoms with E-state index in [0.717, 1.165) is 34.6 Å². The third kappa shape index (κ3) is 4.72. The lowest BCUT2D eigenvalue weighted by Crippen LogP contribution is -2.59. The van der Waals surface area contributed by atoms with Gasteiger partial charge in [0.1, 0.15) is 11.4 Å². The summed E-state index contributed by atoms with van der Waals surface area (Å²) in [7, 11) is 0. The summed E-state index contributed by atoms with van der Waals surface area (Å²) < 4.78 is 46.3. The number of halogens is 3. The van der Waals surface area contributed by atoms with Gasteiger partial charge in [0.2, 0.25) is 5.91 Å². The van der Waals surface area contributed by atoms with Gasteiger partial charge in [0.05, 0.1) is 18.4 Å². The van der Waals surface area contributed by atoms with Crippen molar-refractivity contribution in [3.63, 3.8) is 0 Å². The Kier molecular flexibility index (Phi) is 6.51. The molecule has 0 radical (unpaired) electrons. The number of furan rings is 1. The van der Waals surface area contributed by atoms with Crippen LogP contribution in [-0.4, -0.2) is 65.5 Å². The number of carbonyl (C=O) groups is 1. The molecule has 0 N–H and O–H groups in total. The summed E-state index contributed by atoms with van der Waals surface area (Å²) in [4.78, 5) is 23.0. The number of para-hydroxylation sites is 1. The van der Waals surface area contributed by atoms with Gasteiger partial charge >= 0.3 is 6.18 Å². The first-order valence-corrected chi connectivity index (χ1v) is 12.2. The zero-order chi connectivity index (χ0) is 25.4. The van der Waals surface area contributed by atoms with Gasteiger partial charge in [-0.15, -0.1) is 0 Å². The van der Waals surface area contributed by atoms with Crippen LogP contribution in [0.2, 0.25) is 0 Å². The van der Waals surface area contributed by atoms with Crippen molar-refractivity contribution in [1.29, 1.82) is 0 Å². The average Bonchev–Trinajstić information content (AvgIpc) is 3.35. The Hall–Kier alpha value is -3.33. The number of alkyl halides is 3. The molecule has 1 amide bonds. The summed E-state index contributed by atoms with van der Waals surface area (Å²) in [6.45, 7) is 6.00. The maximum absolute atomic E-state index is 13.5. The van der Waals surface area contributed by atoms with E-state index in [4.69, 9.17) is 4.42 Å². The minimum absolute atomic E-state index is 0.0215. The van der Waals surface area contributed by atoms with Crippen LogP contribution in [-0.2, 0) is 11.0 Å². The first-order valence-electron chi connectivity index (χ1n) is 12.2. The highest BCUT2D eigenvalue weighted by Crippen LogP contribution is 2.36. The highest BCUT2D eigenvalue weighted by Gasteiger charge is 2.39. The van der Waals surface area contributed by atoms with E-state index in [-0.39, 0.29) is 30.4 Å². The van der Waals surface area contributed by atoms with E-state index in [1.807, 2.05) is 43.0 Å². The molecule has 2 aromatic heterocycles. The van der Waals surface area contributed by atoms with Gasteiger partial charge in [-0.1, -0.05) is 24.3 Å². The van der Waals surface area contributed by atoms with Crippen molar-refractivity contribution in [2.24, 2.45) is 0 Å². The molecule has 0 unspecified atom stereocenters. The smallest absolute Gasteiger partial charge is 0.419 e. The molecular weight excluding hydrogens is 469 g/mol. The summed E-state index contributed by atoms with van der Waals surface area (Å²) in [6.07, 6.45) is 1.52. The van der Waals surface area contributed by atoms with Crippen LogP contribution in [0.5, 0.6) is 0 Å². The number of fused-ring (bicyclic) bond motifs is 1. The summed E-state index contributed by atoms with van der Waals surface area (Å²) >= 11 is 0. The van der Waals surface area contributed by atoms with E-state index in [9.17, 15) is 18.0 Å². The van der Waals surface area contributed by atoms with Crippen molar-refractivity contribution in [3.05, 3.63) is 66.1 Å². The highest BCUT2D eigenvalue weighted by molar-refractivity contribution is 5.91. The first kappa shape index (κ1) is 24.4. The number of aromatic nitrogens is 1. The zero-order valence-corrected chi connectivity index (χ0v) is 20.3. The second-order valence-corrected chi connectivity index (χ2v) is 9.63. The van der Waals surface area contributed by atoms with Crippen LogP contribution in [0.3, 0.4) is 0 Å². The second kappa shape index (κ2) is 9.61. The molecule has 4 heterocycles. The Balaban J connectivity index is 1.26. The van der Waals surface area contributed by atoms with Crippen LogP contribution in [0, 0.1) is 0 Å². The second-order valence-electron chi connectivity index (χ2n) is 9.63. The summed E-state index contributed by atoms with van der Waals surface area (Å²) in [5.74, 6) is -0.0271. The normalized spacial score (nSPS) is 21.6. The monoisotopic (exact) mass is 498 g/mol. The zero-order valence-electron chi connectivity index (χ0n) is 20.3. The number of hydrogen-bond donors (Lipinski definition) is 0. The number of pyridine rings is 1. The lowest BCUT2D eigenvalue weighted by molar-refractivity contribution is -0.137. The van der Waals surface area contributed by atoms with Crippen molar-refractivity contribution in [2.75, 3.05) is 37.6 Å². The fourth-order valence-electron chi connectivity index (χ4n) is 5.37. The van der Waals surface area contributed by atoms with Gasteiger partial charge in [-0.05, 0) is 44.0 Å². The van der Waals surface area contributed by atoms with Gasteiger partial charge in [0.15, 0.2) is 0 Å². The molecule has 1 fully saturated rings. The number of benzene rings is 1. The van der Waals surface area contributed by atoms with Crippen LogP contribution in [0.15, 0.2) is 59.4 Å². The van der Waals surface area contributed by atoms with Crippen molar-refractivity contribution in [2.45, 2.75) is 38.5 Å². The maximum Gasteiger partial charge on any atom is 0.419 e. The Bertz CT molecular complexity index is 1270. The van der Waals surface area contributed by atoms with Crippen molar-refractivity contribution in [3.8, 4) is 0 Å². The number of carbonyl (C=O) groups excluding carboxylic acids is 1. The summed E-state index contributed by atoms with van der Waals surface area (Å²) in [5, 5.41) is 1.03. The number of nitrogens with zero attached hydrogens (tertiary/aromatic N) is 4. The number of anilines is 1. The average molecular weight is 499 g/mol. The molecule has 0 aliphatic carbocycles. The largest absolute Gasteiger partial charge is 0.464 e. The highest BCUT2D eigenvalue weighted by atomic mass is 19.4. The minimum Gasteiger partial charge on any atom is -0.464 e. The minimum atomic E-state index is -4.47. The number of piperazine rings is 1. The number of amides is 1.